The van der Waals surface area contributed by atoms with E-state index in [1.54, 1.807) is 19.3 Å². The summed E-state index contributed by atoms with van der Waals surface area (Å²) in [6, 6.07) is 3.90. The molecule has 0 unspecified atom stereocenters. The highest BCUT2D eigenvalue weighted by atomic mass is 79.9. The van der Waals surface area contributed by atoms with Crippen molar-refractivity contribution in [3.63, 3.8) is 0 Å². The van der Waals surface area contributed by atoms with Crippen LogP contribution in [0.4, 0.5) is 11.5 Å². The van der Waals surface area contributed by atoms with Crippen LogP contribution in [0.15, 0.2) is 35.2 Å². The quantitative estimate of drug-likeness (QED) is 0.670. The number of rotatable bonds is 5. The minimum Gasteiger partial charge on any atom is -0.369 e. The van der Waals surface area contributed by atoms with E-state index in [4.69, 9.17) is 0 Å². The first-order valence-corrected chi connectivity index (χ1v) is 6.81. The lowest BCUT2D eigenvalue weighted by Gasteiger charge is -2.09. The first-order chi connectivity index (χ1) is 9.59. The highest BCUT2D eigenvalue weighted by Gasteiger charge is 2.16. The molecule has 2 aromatic rings. The minimum atomic E-state index is -0.437. The van der Waals surface area contributed by atoms with Gasteiger partial charge >= 0.3 is 0 Å². The molecular weight excluding hydrogens is 324 g/mol. The predicted molar refractivity (Wildman–Crippen MR) is 79.8 cm³/mol. The Morgan fingerprint density at radius 3 is 2.75 bits per heavy atom. The second-order valence-electron chi connectivity index (χ2n) is 4.22. The molecule has 2 rings (SSSR count). The van der Waals surface area contributed by atoms with Crippen molar-refractivity contribution in [1.82, 2.24) is 9.97 Å². The maximum absolute atomic E-state index is 10.8. The third-order valence-corrected chi connectivity index (χ3v) is 3.86. The average Bonchev–Trinajstić information content (AvgIpc) is 2.44. The molecule has 6 nitrogen and oxygen atoms in total. The number of nitrogens with zero attached hydrogens (tertiary/aromatic N) is 3. The molecule has 0 spiro atoms. The summed E-state index contributed by atoms with van der Waals surface area (Å²) in [5.41, 5.74) is 1.75. The smallest absolute Gasteiger partial charge is 0.291 e. The van der Waals surface area contributed by atoms with Crippen molar-refractivity contribution in [2.75, 3.05) is 11.9 Å². The lowest BCUT2D eigenvalue weighted by atomic mass is 10.2. The van der Waals surface area contributed by atoms with E-state index < -0.39 is 4.92 Å². The number of halogens is 1. The van der Waals surface area contributed by atoms with Crippen LogP contribution >= 0.6 is 15.9 Å². The van der Waals surface area contributed by atoms with Gasteiger partial charge in [0.15, 0.2) is 0 Å². The van der Waals surface area contributed by atoms with Crippen LogP contribution in [-0.4, -0.2) is 21.4 Å². The van der Waals surface area contributed by atoms with Gasteiger partial charge in [0.25, 0.3) is 5.69 Å². The summed E-state index contributed by atoms with van der Waals surface area (Å²) < 4.78 is 0.626. The molecule has 0 aliphatic heterocycles. The highest BCUT2D eigenvalue weighted by molar-refractivity contribution is 9.10. The summed E-state index contributed by atoms with van der Waals surface area (Å²) in [7, 11) is 0. The summed E-state index contributed by atoms with van der Waals surface area (Å²) in [4.78, 5) is 18.4. The minimum absolute atomic E-state index is 0.0107. The fraction of sp³-hybridized carbons (Fsp3) is 0.231. The molecule has 7 heteroatoms. The fourth-order valence-electron chi connectivity index (χ4n) is 1.75. The molecule has 2 heterocycles. The Bertz CT molecular complexity index is 619. The van der Waals surface area contributed by atoms with Crippen LogP contribution in [0.5, 0.6) is 0 Å². The van der Waals surface area contributed by atoms with E-state index in [-0.39, 0.29) is 5.69 Å². The number of nitrogens with one attached hydrogen (secondary N) is 1. The summed E-state index contributed by atoms with van der Waals surface area (Å²) >= 11 is 3.35. The lowest BCUT2D eigenvalue weighted by Crippen LogP contribution is -2.08. The van der Waals surface area contributed by atoms with Crippen LogP contribution in [0.2, 0.25) is 0 Å². The maximum Gasteiger partial charge on any atom is 0.291 e. The third-order valence-electron chi connectivity index (χ3n) is 2.89. The number of aromatic nitrogens is 2. The van der Waals surface area contributed by atoms with Crippen LogP contribution < -0.4 is 5.32 Å². The Labute approximate surface area is 124 Å². The fourth-order valence-corrected chi connectivity index (χ4v) is 2.20. The van der Waals surface area contributed by atoms with Gasteiger partial charge in [0, 0.05) is 24.5 Å². The monoisotopic (exact) mass is 336 g/mol. The SMILES string of the molecule is Cc1c([N+](=O)[O-])cnc(NCCc2ccncc2)c1Br. The average molecular weight is 337 g/mol. The Hall–Kier alpha value is -2.02. The third kappa shape index (κ3) is 3.30. The van der Waals surface area contributed by atoms with Crippen LogP contribution in [-0.2, 0) is 6.42 Å². The van der Waals surface area contributed by atoms with Gasteiger partial charge < -0.3 is 5.32 Å². The normalized spacial score (nSPS) is 10.3. The molecule has 0 saturated carbocycles. The molecule has 0 aliphatic carbocycles. The zero-order valence-corrected chi connectivity index (χ0v) is 12.4. The van der Waals surface area contributed by atoms with Gasteiger partial charge in [-0.25, -0.2) is 4.98 Å². The van der Waals surface area contributed by atoms with Gasteiger partial charge in [-0.2, -0.15) is 0 Å². The molecule has 20 heavy (non-hydrogen) atoms. The summed E-state index contributed by atoms with van der Waals surface area (Å²) in [6.45, 7) is 2.38. The van der Waals surface area contributed by atoms with Crippen molar-refractivity contribution >= 4 is 27.4 Å². The zero-order chi connectivity index (χ0) is 14.5. The Morgan fingerprint density at radius 2 is 2.10 bits per heavy atom. The predicted octanol–water partition coefficient (Wildman–Crippen LogP) is 3.11. The summed E-state index contributed by atoms with van der Waals surface area (Å²) in [5, 5.41) is 14.0. The first-order valence-electron chi connectivity index (χ1n) is 6.02. The molecule has 0 amide bonds. The van der Waals surface area contributed by atoms with Crippen molar-refractivity contribution in [3.05, 3.63) is 56.4 Å². The number of hydrogen-bond acceptors (Lipinski definition) is 5. The van der Waals surface area contributed by atoms with E-state index in [0.29, 0.717) is 22.4 Å². The molecule has 0 saturated heterocycles. The van der Waals surface area contributed by atoms with Gasteiger partial charge in [0.1, 0.15) is 12.0 Å². The number of pyridine rings is 2. The lowest BCUT2D eigenvalue weighted by molar-refractivity contribution is -0.385. The van der Waals surface area contributed by atoms with E-state index in [1.807, 2.05) is 12.1 Å². The molecule has 0 radical (unpaired) electrons. The zero-order valence-electron chi connectivity index (χ0n) is 10.8. The molecule has 0 aliphatic rings. The largest absolute Gasteiger partial charge is 0.369 e. The van der Waals surface area contributed by atoms with Gasteiger partial charge in [-0.05, 0) is 47.0 Å². The van der Waals surface area contributed by atoms with Gasteiger partial charge in [-0.15, -0.1) is 0 Å². The molecule has 0 bridgehead atoms. The molecule has 104 valence electrons. The number of nitro groups is 1. The van der Waals surface area contributed by atoms with Gasteiger partial charge in [0.2, 0.25) is 0 Å². The standard InChI is InChI=1S/C13H13BrN4O2/c1-9-11(18(19)20)8-17-13(12(9)14)16-7-4-10-2-5-15-6-3-10/h2-3,5-6,8H,4,7H2,1H3,(H,16,17). The van der Waals surface area contributed by atoms with E-state index in [2.05, 4.69) is 31.2 Å². The molecular formula is C13H13BrN4O2. The Balaban J connectivity index is 2.04. The second kappa shape index (κ2) is 6.42. The molecule has 0 atom stereocenters. The molecule has 0 aromatic carbocycles. The van der Waals surface area contributed by atoms with Gasteiger partial charge in [0.05, 0.1) is 9.40 Å². The summed E-state index contributed by atoms with van der Waals surface area (Å²) in [6.07, 6.45) is 5.60. The first kappa shape index (κ1) is 14.4. The van der Waals surface area contributed by atoms with Gasteiger partial charge in [-0.1, -0.05) is 0 Å². The molecule has 0 fully saturated rings. The van der Waals surface area contributed by atoms with Crippen molar-refractivity contribution < 1.29 is 4.92 Å². The maximum atomic E-state index is 10.8. The second-order valence-corrected chi connectivity index (χ2v) is 5.01. The Morgan fingerprint density at radius 1 is 1.40 bits per heavy atom. The summed E-state index contributed by atoms with van der Waals surface area (Å²) in [5.74, 6) is 0.613. The Kier molecular flexibility index (Phi) is 4.62. The van der Waals surface area contributed by atoms with Crippen molar-refractivity contribution in [2.24, 2.45) is 0 Å². The van der Waals surface area contributed by atoms with Crippen molar-refractivity contribution in [3.8, 4) is 0 Å². The topological polar surface area (TPSA) is 81.0 Å². The van der Waals surface area contributed by atoms with Crippen molar-refractivity contribution in [2.45, 2.75) is 13.3 Å². The van der Waals surface area contributed by atoms with Crippen LogP contribution in [0.25, 0.3) is 0 Å². The molecule has 2 aromatic heterocycles. The number of anilines is 1. The van der Waals surface area contributed by atoms with Crippen LogP contribution in [0.3, 0.4) is 0 Å². The van der Waals surface area contributed by atoms with Crippen LogP contribution in [0.1, 0.15) is 11.1 Å². The van der Waals surface area contributed by atoms with E-state index >= 15 is 0 Å². The van der Waals surface area contributed by atoms with E-state index in [9.17, 15) is 10.1 Å². The van der Waals surface area contributed by atoms with Crippen LogP contribution in [0, 0.1) is 17.0 Å². The van der Waals surface area contributed by atoms with Crippen molar-refractivity contribution in [1.29, 1.82) is 0 Å². The van der Waals surface area contributed by atoms with Gasteiger partial charge in [-0.3, -0.25) is 15.1 Å². The number of hydrogen-bond donors (Lipinski definition) is 1. The van der Waals surface area contributed by atoms with E-state index in [0.717, 1.165) is 6.42 Å². The van der Waals surface area contributed by atoms with E-state index in [1.165, 1.54) is 11.8 Å². The highest BCUT2D eigenvalue weighted by Crippen LogP contribution is 2.30. The molecule has 1 N–H and O–H groups in total.